The maximum atomic E-state index is 12.3. The first-order valence-corrected chi connectivity index (χ1v) is 17.9. The molecule has 0 fully saturated rings. The SMILES string of the molecule is CCCCCC/C=C\CCCCCCCC(=O)NC(CO)C(O)CCCCCCCCCCCCCCCCC. The first-order chi connectivity index (χ1) is 19.7. The van der Waals surface area contributed by atoms with E-state index in [1.807, 2.05) is 0 Å². The zero-order chi connectivity index (χ0) is 29.4. The summed E-state index contributed by atoms with van der Waals surface area (Å²) in [4.78, 5) is 12.3. The van der Waals surface area contributed by atoms with Gasteiger partial charge in [0.1, 0.15) is 0 Å². The van der Waals surface area contributed by atoms with Crippen LogP contribution in [0.5, 0.6) is 0 Å². The third kappa shape index (κ3) is 28.7. The van der Waals surface area contributed by atoms with Gasteiger partial charge in [-0.1, -0.05) is 161 Å². The Balaban J connectivity index is 3.57. The second kappa shape index (κ2) is 32.6. The van der Waals surface area contributed by atoms with E-state index in [-0.39, 0.29) is 12.5 Å². The molecular weight excluding hydrogens is 494 g/mol. The van der Waals surface area contributed by atoms with E-state index >= 15 is 0 Å². The molecule has 4 heteroatoms. The lowest BCUT2D eigenvalue weighted by Gasteiger charge is -2.22. The average Bonchev–Trinajstić information content (AvgIpc) is 2.96. The van der Waals surface area contributed by atoms with Gasteiger partial charge in [0, 0.05) is 6.42 Å². The van der Waals surface area contributed by atoms with Crippen molar-refractivity contribution in [1.82, 2.24) is 5.32 Å². The number of hydrogen-bond donors (Lipinski definition) is 3. The minimum Gasteiger partial charge on any atom is -0.394 e. The Bertz CT molecular complexity index is 536. The van der Waals surface area contributed by atoms with Gasteiger partial charge in [-0.25, -0.2) is 0 Å². The van der Waals surface area contributed by atoms with Crippen LogP contribution in [0.15, 0.2) is 12.2 Å². The Morgan fingerprint density at radius 3 is 1.40 bits per heavy atom. The first kappa shape index (κ1) is 39.1. The van der Waals surface area contributed by atoms with Crippen molar-refractivity contribution in [3.05, 3.63) is 12.2 Å². The molecule has 40 heavy (non-hydrogen) atoms. The molecule has 0 aromatic rings. The molecule has 0 heterocycles. The van der Waals surface area contributed by atoms with Crippen LogP contribution in [0.2, 0.25) is 0 Å². The molecule has 238 valence electrons. The second-order valence-corrected chi connectivity index (χ2v) is 12.3. The molecular formula is C36H71NO3. The van der Waals surface area contributed by atoms with Crippen molar-refractivity contribution < 1.29 is 15.0 Å². The lowest BCUT2D eigenvalue weighted by molar-refractivity contribution is -0.123. The molecule has 1 amide bonds. The molecule has 0 radical (unpaired) electrons. The normalized spacial score (nSPS) is 13.2. The number of nitrogens with one attached hydrogen (secondary N) is 1. The van der Waals surface area contributed by atoms with Crippen LogP contribution in [-0.2, 0) is 4.79 Å². The van der Waals surface area contributed by atoms with Gasteiger partial charge in [-0.05, 0) is 38.5 Å². The van der Waals surface area contributed by atoms with Gasteiger partial charge in [-0.2, -0.15) is 0 Å². The molecule has 4 nitrogen and oxygen atoms in total. The summed E-state index contributed by atoms with van der Waals surface area (Å²) in [5.41, 5.74) is 0. The highest BCUT2D eigenvalue weighted by molar-refractivity contribution is 5.76. The molecule has 0 aliphatic carbocycles. The Labute approximate surface area is 250 Å². The molecule has 0 saturated carbocycles. The summed E-state index contributed by atoms with van der Waals surface area (Å²) in [5.74, 6) is -0.0411. The van der Waals surface area contributed by atoms with Gasteiger partial charge in [-0.15, -0.1) is 0 Å². The lowest BCUT2D eigenvalue weighted by atomic mass is 10.0. The van der Waals surface area contributed by atoms with E-state index < -0.39 is 12.1 Å². The summed E-state index contributed by atoms with van der Waals surface area (Å²) in [5, 5.41) is 23.0. The molecule has 0 aromatic heterocycles. The fraction of sp³-hybridized carbons (Fsp3) is 0.917. The average molecular weight is 566 g/mol. The van der Waals surface area contributed by atoms with Gasteiger partial charge < -0.3 is 15.5 Å². The van der Waals surface area contributed by atoms with E-state index in [1.165, 1.54) is 141 Å². The largest absolute Gasteiger partial charge is 0.394 e. The quantitative estimate of drug-likeness (QED) is 0.0561. The van der Waals surface area contributed by atoms with Crippen LogP contribution >= 0.6 is 0 Å². The van der Waals surface area contributed by atoms with Gasteiger partial charge in [0.05, 0.1) is 18.8 Å². The fourth-order valence-electron chi connectivity index (χ4n) is 5.47. The van der Waals surface area contributed by atoms with Crippen LogP contribution in [0, 0.1) is 0 Å². The molecule has 2 unspecified atom stereocenters. The maximum Gasteiger partial charge on any atom is 0.220 e. The number of unbranched alkanes of at least 4 members (excludes halogenated alkanes) is 23. The summed E-state index contributed by atoms with van der Waals surface area (Å²) in [7, 11) is 0. The molecule has 3 N–H and O–H groups in total. The van der Waals surface area contributed by atoms with Crippen molar-refractivity contribution in [2.24, 2.45) is 0 Å². The lowest BCUT2D eigenvalue weighted by Crippen LogP contribution is -2.45. The molecule has 0 spiro atoms. The van der Waals surface area contributed by atoms with Crippen molar-refractivity contribution in [3.8, 4) is 0 Å². The van der Waals surface area contributed by atoms with Crippen LogP contribution in [0.25, 0.3) is 0 Å². The molecule has 0 aliphatic heterocycles. The van der Waals surface area contributed by atoms with E-state index in [0.29, 0.717) is 12.8 Å². The number of carbonyl (C=O) groups is 1. The highest BCUT2D eigenvalue weighted by Gasteiger charge is 2.19. The van der Waals surface area contributed by atoms with Gasteiger partial charge in [0.25, 0.3) is 0 Å². The fourth-order valence-corrected chi connectivity index (χ4v) is 5.47. The van der Waals surface area contributed by atoms with E-state index in [4.69, 9.17) is 0 Å². The third-order valence-electron chi connectivity index (χ3n) is 8.28. The summed E-state index contributed by atoms with van der Waals surface area (Å²) in [6, 6.07) is -0.534. The maximum absolute atomic E-state index is 12.3. The van der Waals surface area contributed by atoms with Gasteiger partial charge in [-0.3, -0.25) is 4.79 Å². The van der Waals surface area contributed by atoms with Crippen molar-refractivity contribution in [2.45, 2.75) is 206 Å². The predicted molar refractivity (Wildman–Crippen MR) is 175 cm³/mol. The van der Waals surface area contributed by atoms with Crippen LogP contribution in [-0.4, -0.2) is 34.9 Å². The number of amides is 1. The van der Waals surface area contributed by atoms with Crippen LogP contribution < -0.4 is 5.32 Å². The van der Waals surface area contributed by atoms with Crippen molar-refractivity contribution in [3.63, 3.8) is 0 Å². The van der Waals surface area contributed by atoms with Crippen LogP contribution in [0.3, 0.4) is 0 Å². The van der Waals surface area contributed by atoms with Gasteiger partial charge >= 0.3 is 0 Å². The molecule has 2 atom stereocenters. The summed E-state index contributed by atoms with van der Waals surface area (Å²) in [6.07, 6.45) is 38.3. The minimum absolute atomic E-state index is 0.0411. The zero-order valence-corrected chi connectivity index (χ0v) is 27.1. The number of rotatable bonds is 32. The summed E-state index contributed by atoms with van der Waals surface area (Å²) >= 11 is 0. The molecule has 0 saturated heterocycles. The highest BCUT2D eigenvalue weighted by atomic mass is 16.3. The van der Waals surface area contributed by atoms with Gasteiger partial charge in [0.15, 0.2) is 0 Å². The van der Waals surface area contributed by atoms with E-state index in [1.54, 1.807) is 0 Å². The monoisotopic (exact) mass is 566 g/mol. The Hall–Kier alpha value is -0.870. The number of hydrogen-bond acceptors (Lipinski definition) is 3. The number of aliphatic hydroxyl groups excluding tert-OH is 2. The summed E-state index contributed by atoms with van der Waals surface area (Å²) in [6.45, 7) is 4.33. The second-order valence-electron chi connectivity index (χ2n) is 12.3. The molecule has 0 rings (SSSR count). The predicted octanol–water partition coefficient (Wildman–Crippen LogP) is 10.3. The van der Waals surface area contributed by atoms with Crippen molar-refractivity contribution >= 4 is 5.91 Å². The summed E-state index contributed by atoms with van der Waals surface area (Å²) < 4.78 is 0. The Kier molecular flexibility index (Phi) is 31.9. The molecule has 0 aliphatic rings. The number of carbonyl (C=O) groups excluding carboxylic acids is 1. The number of allylic oxidation sites excluding steroid dienone is 2. The zero-order valence-electron chi connectivity index (χ0n) is 27.1. The van der Waals surface area contributed by atoms with E-state index in [2.05, 4.69) is 31.3 Å². The smallest absolute Gasteiger partial charge is 0.220 e. The van der Waals surface area contributed by atoms with Crippen molar-refractivity contribution in [1.29, 1.82) is 0 Å². The molecule has 0 aromatic carbocycles. The third-order valence-corrected chi connectivity index (χ3v) is 8.28. The number of aliphatic hydroxyl groups is 2. The minimum atomic E-state index is -0.657. The highest BCUT2D eigenvalue weighted by Crippen LogP contribution is 2.15. The topological polar surface area (TPSA) is 69.6 Å². The van der Waals surface area contributed by atoms with E-state index in [9.17, 15) is 15.0 Å². The van der Waals surface area contributed by atoms with E-state index in [0.717, 1.165) is 25.7 Å². The first-order valence-electron chi connectivity index (χ1n) is 17.9. The molecule has 0 bridgehead atoms. The Morgan fingerprint density at radius 2 is 0.950 bits per heavy atom. The van der Waals surface area contributed by atoms with Crippen molar-refractivity contribution in [2.75, 3.05) is 6.61 Å². The Morgan fingerprint density at radius 1 is 0.575 bits per heavy atom. The standard InChI is InChI=1S/C36H71NO3/c1-3-5-7-9-11-13-15-17-18-20-21-23-25-27-29-31-35(39)34(33-38)37-36(40)32-30-28-26-24-22-19-16-14-12-10-8-6-4-2/h14,16,34-35,38-39H,3-13,15,17-33H2,1-2H3,(H,37,40)/b16-14-. The van der Waals surface area contributed by atoms with Crippen LogP contribution in [0.4, 0.5) is 0 Å². The van der Waals surface area contributed by atoms with Crippen LogP contribution in [0.1, 0.15) is 194 Å². The van der Waals surface area contributed by atoms with Gasteiger partial charge in [0.2, 0.25) is 5.91 Å².